The Bertz CT molecular complexity index is 502. The van der Waals surface area contributed by atoms with E-state index in [2.05, 4.69) is 10.2 Å². The van der Waals surface area contributed by atoms with Crippen molar-refractivity contribution < 1.29 is 4.74 Å². The number of nitrogens with two attached hydrogens (primary N) is 1. The lowest BCUT2D eigenvalue weighted by Crippen LogP contribution is -1.99. The molecule has 0 radical (unpaired) electrons. The number of aromatic nitrogens is 2. The summed E-state index contributed by atoms with van der Waals surface area (Å²) in [6.07, 6.45) is 0.970. The van der Waals surface area contributed by atoms with Crippen LogP contribution >= 0.6 is 23.1 Å². The molecule has 2 aromatic rings. The number of hydrogen-bond donors (Lipinski definition) is 1. The molecule has 0 saturated carbocycles. The van der Waals surface area contributed by atoms with Crippen molar-refractivity contribution in [3.63, 3.8) is 0 Å². The van der Waals surface area contributed by atoms with Crippen LogP contribution in [0.3, 0.4) is 0 Å². The van der Waals surface area contributed by atoms with Gasteiger partial charge in [-0.1, -0.05) is 29.2 Å². The van der Waals surface area contributed by atoms with Crippen LogP contribution in [0, 0.1) is 6.92 Å². The van der Waals surface area contributed by atoms with Gasteiger partial charge in [0.1, 0.15) is 10.8 Å². The fourth-order valence-electron chi connectivity index (χ4n) is 1.35. The molecule has 0 unspecified atom stereocenters. The molecule has 2 N–H and O–H groups in total. The van der Waals surface area contributed by atoms with E-state index in [0.29, 0.717) is 6.61 Å². The van der Waals surface area contributed by atoms with Crippen LogP contribution in [-0.2, 0) is 0 Å². The van der Waals surface area contributed by atoms with Gasteiger partial charge in [0.05, 0.1) is 6.61 Å². The molecule has 0 spiro atoms. The van der Waals surface area contributed by atoms with Gasteiger partial charge in [-0.3, -0.25) is 0 Å². The predicted octanol–water partition coefficient (Wildman–Crippen LogP) is 2.99. The summed E-state index contributed by atoms with van der Waals surface area (Å²) in [6, 6.07) is 7.49. The Labute approximate surface area is 115 Å². The monoisotopic (exact) mass is 281 g/mol. The van der Waals surface area contributed by atoms with E-state index in [-0.39, 0.29) is 0 Å². The first-order valence-corrected chi connectivity index (χ1v) is 7.45. The molecule has 1 aromatic heterocycles. The Morgan fingerprint density at radius 3 is 3.00 bits per heavy atom. The zero-order valence-corrected chi connectivity index (χ0v) is 11.8. The molecule has 0 aliphatic heterocycles. The highest BCUT2D eigenvalue weighted by molar-refractivity contribution is 8.01. The van der Waals surface area contributed by atoms with Crippen LogP contribution in [0.25, 0.3) is 0 Å². The van der Waals surface area contributed by atoms with Crippen LogP contribution in [0.15, 0.2) is 28.6 Å². The summed E-state index contributed by atoms with van der Waals surface area (Å²) in [5.41, 5.74) is 6.40. The number of nitrogens with zero attached hydrogens (tertiary/aromatic N) is 2. The van der Waals surface area contributed by atoms with Crippen molar-refractivity contribution >= 4 is 28.8 Å². The van der Waals surface area contributed by atoms with E-state index in [1.165, 1.54) is 0 Å². The molecule has 1 aromatic carbocycles. The topological polar surface area (TPSA) is 61.0 Å². The van der Waals surface area contributed by atoms with Crippen molar-refractivity contribution in [1.82, 2.24) is 10.2 Å². The lowest BCUT2D eigenvalue weighted by Gasteiger charge is -2.05. The molecule has 6 heteroatoms. The first-order valence-electron chi connectivity index (χ1n) is 5.65. The van der Waals surface area contributed by atoms with Gasteiger partial charge in [-0.25, -0.2) is 0 Å². The maximum Gasteiger partial charge on any atom is 0.174 e. The second kappa shape index (κ2) is 6.61. The van der Waals surface area contributed by atoms with Gasteiger partial charge in [0.25, 0.3) is 0 Å². The Balaban J connectivity index is 1.64. The largest absolute Gasteiger partial charge is 0.493 e. The summed E-state index contributed by atoms with van der Waals surface area (Å²) in [6.45, 7) is 2.65. The molecule has 96 valence electrons. The van der Waals surface area contributed by atoms with E-state index in [9.17, 15) is 0 Å². The number of nitrogen functional groups attached to an aromatic ring is 1. The minimum Gasteiger partial charge on any atom is -0.493 e. The Hall–Kier alpha value is -1.27. The lowest BCUT2D eigenvalue weighted by molar-refractivity contribution is 0.319. The van der Waals surface area contributed by atoms with Crippen molar-refractivity contribution in [2.45, 2.75) is 17.7 Å². The summed E-state index contributed by atoms with van der Waals surface area (Å²) in [5, 5.41) is 9.04. The average molecular weight is 281 g/mol. The smallest absolute Gasteiger partial charge is 0.174 e. The van der Waals surface area contributed by atoms with E-state index in [4.69, 9.17) is 10.5 Å². The van der Waals surface area contributed by atoms with Gasteiger partial charge < -0.3 is 10.5 Å². The molecule has 4 nitrogen and oxygen atoms in total. The minimum absolute atomic E-state index is 0.689. The number of hydrogen-bond acceptors (Lipinski definition) is 6. The number of ether oxygens (including phenoxy) is 1. The summed E-state index contributed by atoms with van der Waals surface area (Å²) in [4.78, 5) is 0. The minimum atomic E-state index is 0.689. The highest BCUT2D eigenvalue weighted by Gasteiger charge is 2.01. The van der Waals surface area contributed by atoms with Gasteiger partial charge in [-0.2, -0.15) is 0 Å². The molecule has 2 rings (SSSR count). The van der Waals surface area contributed by atoms with Crippen molar-refractivity contribution in [3.8, 4) is 5.75 Å². The van der Waals surface area contributed by atoms with Gasteiger partial charge in [-0.05, 0) is 25.5 Å². The van der Waals surface area contributed by atoms with Gasteiger partial charge >= 0.3 is 0 Å². The lowest BCUT2D eigenvalue weighted by atomic mass is 10.3. The number of anilines is 1. The molecule has 0 saturated heterocycles. The number of thioether (sulfide) groups is 1. The van der Waals surface area contributed by atoms with Crippen molar-refractivity contribution in [1.29, 1.82) is 0 Å². The molecule has 0 atom stereocenters. The Morgan fingerprint density at radius 2 is 2.28 bits per heavy atom. The summed E-state index contributed by atoms with van der Waals surface area (Å²) < 4.78 is 6.63. The van der Waals surface area contributed by atoms with E-state index in [1.807, 2.05) is 31.2 Å². The first-order chi connectivity index (χ1) is 8.74. The molecule has 0 aliphatic rings. The maximum absolute atomic E-state index is 5.67. The molecule has 0 bridgehead atoms. The Kier molecular flexibility index (Phi) is 4.83. The normalized spacial score (nSPS) is 10.5. The van der Waals surface area contributed by atoms with E-state index in [1.54, 1.807) is 23.1 Å². The average Bonchev–Trinajstić information content (AvgIpc) is 2.75. The first kappa shape index (κ1) is 13.2. The van der Waals surface area contributed by atoms with E-state index >= 15 is 0 Å². The third-order valence-corrected chi connectivity index (χ3v) is 4.21. The number of benzene rings is 1. The standard InChI is InChI=1S/C12H15N3OS2/c1-9-14-15-12(18-9)17-7-3-6-16-11-5-2-4-10(13)8-11/h2,4-5,8H,3,6-7,13H2,1H3. The second-order valence-electron chi connectivity index (χ2n) is 3.71. The van der Waals surface area contributed by atoms with E-state index in [0.717, 1.165) is 33.0 Å². The summed E-state index contributed by atoms with van der Waals surface area (Å²) in [7, 11) is 0. The van der Waals surface area contributed by atoms with Gasteiger partial charge in [0.2, 0.25) is 0 Å². The second-order valence-corrected chi connectivity index (χ2v) is 6.23. The highest BCUT2D eigenvalue weighted by atomic mass is 32.2. The zero-order valence-electron chi connectivity index (χ0n) is 10.1. The van der Waals surface area contributed by atoms with Crippen LogP contribution in [0.1, 0.15) is 11.4 Å². The van der Waals surface area contributed by atoms with Crippen molar-refractivity contribution in [2.75, 3.05) is 18.1 Å². The number of rotatable bonds is 6. The van der Waals surface area contributed by atoms with Crippen LogP contribution < -0.4 is 10.5 Å². The van der Waals surface area contributed by atoms with Crippen LogP contribution in [-0.4, -0.2) is 22.6 Å². The molecular formula is C12H15N3OS2. The number of aryl methyl sites for hydroxylation is 1. The Morgan fingerprint density at radius 1 is 1.39 bits per heavy atom. The fourth-order valence-corrected chi connectivity index (χ4v) is 3.15. The third-order valence-electron chi connectivity index (χ3n) is 2.15. The molecule has 0 fully saturated rings. The predicted molar refractivity (Wildman–Crippen MR) is 76.3 cm³/mol. The van der Waals surface area contributed by atoms with Crippen LogP contribution in [0.4, 0.5) is 5.69 Å². The molecular weight excluding hydrogens is 266 g/mol. The maximum atomic E-state index is 5.67. The highest BCUT2D eigenvalue weighted by Crippen LogP contribution is 2.22. The molecule has 18 heavy (non-hydrogen) atoms. The van der Waals surface area contributed by atoms with Crippen LogP contribution in [0.5, 0.6) is 5.75 Å². The fraction of sp³-hybridized carbons (Fsp3) is 0.333. The molecule has 0 amide bonds. The van der Waals surface area contributed by atoms with E-state index < -0.39 is 0 Å². The van der Waals surface area contributed by atoms with Gasteiger partial charge in [0, 0.05) is 17.5 Å². The molecule has 0 aliphatic carbocycles. The zero-order chi connectivity index (χ0) is 12.8. The summed E-state index contributed by atoms with van der Waals surface area (Å²) >= 11 is 3.35. The van der Waals surface area contributed by atoms with Gasteiger partial charge in [-0.15, -0.1) is 10.2 Å². The molecule has 1 heterocycles. The van der Waals surface area contributed by atoms with Gasteiger partial charge in [0.15, 0.2) is 4.34 Å². The van der Waals surface area contributed by atoms with Crippen molar-refractivity contribution in [3.05, 3.63) is 29.3 Å². The third kappa shape index (κ3) is 4.19. The quantitative estimate of drug-likeness (QED) is 0.501. The summed E-state index contributed by atoms with van der Waals surface area (Å²) in [5.74, 6) is 1.81. The van der Waals surface area contributed by atoms with Crippen molar-refractivity contribution in [2.24, 2.45) is 0 Å². The SMILES string of the molecule is Cc1nnc(SCCCOc2cccc(N)c2)s1. The van der Waals surface area contributed by atoms with Crippen LogP contribution in [0.2, 0.25) is 0 Å².